The van der Waals surface area contributed by atoms with Gasteiger partial charge >= 0.3 is 6.09 Å². The van der Waals surface area contributed by atoms with Gasteiger partial charge in [-0.3, -0.25) is 0 Å². The molecule has 76 valence electrons. The second-order valence-corrected chi connectivity index (χ2v) is 2.98. The van der Waals surface area contributed by atoms with Gasteiger partial charge < -0.3 is 16.2 Å². The highest BCUT2D eigenvalue weighted by Crippen LogP contribution is 2.04. The predicted octanol–water partition coefficient (Wildman–Crippen LogP) is 0.652. The van der Waals surface area contributed by atoms with E-state index >= 15 is 0 Å². The van der Waals surface area contributed by atoms with Crippen molar-refractivity contribution in [3.63, 3.8) is 0 Å². The molecule has 1 unspecified atom stereocenters. The van der Waals surface area contributed by atoms with Gasteiger partial charge in [-0.15, -0.1) is 0 Å². The molecular formula is C10H14N2O2. The largest absolute Gasteiger partial charge is 0.445 e. The van der Waals surface area contributed by atoms with Crippen molar-refractivity contribution in [2.24, 2.45) is 11.5 Å². The minimum absolute atomic E-state index is 0.276. The number of ether oxygens (including phenoxy) is 1. The van der Waals surface area contributed by atoms with E-state index in [0.29, 0.717) is 6.42 Å². The van der Waals surface area contributed by atoms with Crippen LogP contribution in [-0.4, -0.2) is 18.7 Å². The zero-order valence-corrected chi connectivity index (χ0v) is 7.85. The number of rotatable bonds is 4. The molecule has 0 aliphatic heterocycles. The fourth-order valence-corrected chi connectivity index (χ4v) is 1.21. The summed E-state index contributed by atoms with van der Waals surface area (Å²) in [6.07, 6.45) is -0.522. The molecule has 0 fully saturated rings. The van der Waals surface area contributed by atoms with Gasteiger partial charge in [0.2, 0.25) is 0 Å². The van der Waals surface area contributed by atoms with Crippen molar-refractivity contribution in [2.75, 3.05) is 6.54 Å². The Morgan fingerprint density at radius 2 is 2.00 bits per heavy atom. The maximum atomic E-state index is 10.5. The van der Waals surface area contributed by atoms with E-state index < -0.39 is 6.09 Å². The van der Waals surface area contributed by atoms with Crippen molar-refractivity contribution in [1.82, 2.24) is 0 Å². The Morgan fingerprint density at radius 3 is 2.50 bits per heavy atom. The molecule has 1 aromatic carbocycles. The fraction of sp³-hybridized carbons (Fsp3) is 0.300. The summed E-state index contributed by atoms with van der Waals surface area (Å²) >= 11 is 0. The van der Waals surface area contributed by atoms with E-state index in [2.05, 4.69) is 0 Å². The van der Waals surface area contributed by atoms with Gasteiger partial charge in [0.05, 0.1) is 0 Å². The average Bonchev–Trinajstić information content (AvgIpc) is 2.17. The van der Waals surface area contributed by atoms with Crippen LogP contribution in [0.25, 0.3) is 0 Å². The van der Waals surface area contributed by atoms with Crippen LogP contribution in [0.15, 0.2) is 30.3 Å². The molecule has 0 aliphatic rings. The van der Waals surface area contributed by atoms with Crippen molar-refractivity contribution in [3.8, 4) is 0 Å². The van der Waals surface area contributed by atoms with Crippen LogP contribution in [0.1, 0.15) is 5.56 Å². The number of benzene rings is 1. The number of primary amides is 1. The van der Waals surface area contributed by atoms with Crippen molar-refractivity contribution in [3.05, 3.63) is 35.9 Å². The molecule has 0 aromatic heterocycles. The van der Waals surface area contributed by atoms with Crippen LogP contribution >= 0.6 is 0 Å². The Kier molecular flexibility index (Phi) is 3.94. The second kappa shape index (κ2) is 5.24. The number of amides is 1. The zero-order valence-electron chi connectivity index (χ0n) is 7.85. The molecule has 0 bridgehead atoms. The lowest BCUT2D eigenvalue weighted by atomic mass is 10.1. The highest BCUT2D eigenvalue weighted by molar-refractivity contribution is 5.64. The molecular weight excluding hydrogens is 180 g/mol. The lowest BCUT2D eigenvalue weighted by Gasteiger charge is -2.14. The first kappa shape index (κ1) is 10.5. The summed E-state index contributed by atoms with van der Waals surface area (Å²) in [5.41, 5.74) is 11.4. The number of carbonyl (C=O) groups excluding carboxylic acids is 1. The highest BCUT2D eigenvalue weighted by atomic mass is 16.6. The van der Waals surface area contributed by atoms with Crippen LogP contribution in [0.3, 0.4) is 0 Å². The standard InChI is InChI=1S/C10H14N2O2/c11-7-9(14-10(12)13)6-8-4-2-1-3-5-8/h1-5,9H,6-7,11H2,(H2,12,13). The normalized spacial score (nSPS) is 12.1. The SMILES string of the molecule is NCC(Cc1ccccc1)OC(N)=O. The maximum absolute atomic E-state index is 10.5. The number of carbonyl (C=O) groups is 1. The van der Waals surface area contributed by atoms with Gasteiger partial charge in [0.1, 0.15) is 6.10 Å². The molecule has 14 heavy (non-hydrogen) atoms. The molecule has 0 radical (unpaired) electrons. The van der Waals surface area contributed by atoms with Gasteiger partial charge in [0.15, 0.2) is 0 Å². The van der Waals surface area contributed by atoms with E-state index in [1.54, 1.807) is 0 Å². The monoisotopic (exact) mass is 194 g/mol. The molecule has 0 spiro atoms. The van der Waals surface area contributed by atoms with Crippen molar-refractivity contribution in [2.45, 2.75) is 12.5 Å². The third-order valence-electron chi connectivity index (χ3n) is 1.85. The lowest BCUT2D eigenvalue weighted by Crippen LogP contribution is -2.31. The molecule has 1 amide bonds. The van der Waals surface area contributed by atoms with Gasteiger partial charge in [-0.05, 0) is 5.56 Å². The van der Waals surface area contributed by atoms with E-state index in [4.69, 9.17) is 16.2 Å². The summed E-state index contributed by atoms with van der Waals surface area (Å²) in [4.78, 5) is 10.5. The smallest absolute Gasteiger partial charge is 0.404 e. The summed E-state index contributed by atoms with van der Waals surface area (Å²) in [7, 11) is 0. The third kappa shape index (κ3) is 3.45. The summed E-state index contributed by atoms with van der Waals surface area (Å²) in [5, 5.41) is 0. The van der Waals surface area contributed by atoms with E-state index in [-0.39, 0.29) is 12.6 Å². The van der Waals surface area contributed by atoms with E-state index in [1.165, 1.54) is 0 Å². The molecule has 4 N–H and O–H groups in total. The summed E-state index contributed by atoms with van der Waals surface area (Å²) in [6, 6.07) is 9.68. The number of hydrogen-bond donors (Lipinski definition) is 2. The molecule has 1 atom stereocenters. The van der Waals surface area contributed by atoms with Gasteiger partial charge in [-0.2, -0.15) is 0 Å². The molecule has 4 nitrogen and oxygen atoms in total. The average molecular weight is 194 g/mol. The molecule has 4 heteroatoms. The van der Waals surface area contributed by atoms with Crippen LogP contribution in [0.4, 0.5) is 4.79 Å². The topological polar surface area (TPSA) is 78.3 Å². The van der Waals surface area contributed by atoms with Gasteiger partial charge in [-0.25, -0.2) is 4.79 Å². The molecule has 0 aliphatic carbocycles. The Bertz CT molecular complexity index is 287. The van der Waals surface area contributed by atoms with Crippen LogP contribution < -0.4 is 11.5 Å². The highest BCUT2D eigenvalue weighted by Gasteiger charge is 2.10. The molecule has 1 aromatic rings. The van der Waals surface area contributed by atoms with Crippen LogP contribution in [0.5, 0.6) is 0 Å². The van der Waals surface area contributed by atoms with Gasteiger partial charge in [0.25, 0.3) is 0 Å². The maximum Gasteiger partial charge on any atom is 0.404 e. The Morgan fingerprint density at radius 1 is 1.36 bits per heavy atom. The Labute approximate surface area is 82.8 Å². The Hall–Kier alpha value is -1.55. The number of nitrogens with two attached hydrogens (primary N) is 2. The summed E-state index contributed by atoms with van der Waals surface area (Å²) in [6.45, 7) is 0.276. The van der Waals surface area contributed by atoms with Crippen molar-refractivity contribution < 1.29 is 9.53 Å². The van der Waals surface area contributed by atoms with Crippen molar-refractivity contribution >= 4 is 6.09 Å². The van der Waals surface area contributed by atoms with Gasteiger partial charge in [-0.1, -0.05) is 30.3 Å². The summed E-state index contributed by atoms with van der Waals surface area (Å²) in [5.74, 6) is 0. The molecule has 0 saturated heterocycles. The first-order valence-corrected chi connectivity index (χ1v) is 4.42. The van der Waals surface area contributed by atoms with Crippen molar-refractivity contribution in [1.29, 1.82) is 0 Å². The minimum atomic E-state index is -0.781. The third-order valence-corrected chi connectivity index (χ3v) is 1.85. The zero-order chi connectivity index (χ0) is 10.4. The van der Waals surface area contributed by atoms with Gasteiger partial charge in [0, 0.05) is 13.0 Å². The number of hydrogen-bond acceptors (Lipinski definition) is 3. The second-order valence-electron chi connectivity index (χ2n) is 2.98. The first-order chi connectivity index (χ1) is 6.72. The fourth-order valence-electron chi connectivity index (χ4n) is 1.21. The minimum Gasteiger partial charge on any atom is -0.445 e. The quantitative estimate of drug-likeness (QED) is 0.738. The van der Waals surface area contributed by atoms with Crippen LogP contribution in [0, 0.1) is 0 Å². The summed E-state index contributed by atoms with van der Waals surface area (Å²) < 4.78 is 4.82. The van der Waals surface area contributed by atoms with E-state index in [0.717, 1.165) is 5.56 Å². The van der Waals surface area contributed by atoms with E-state index in [9.17, 15) is 4.79 Å². The molecule has 1 rings (SSSR count). The molecule has 0 saturated carbocycles. The predicted molar refractivity (Wildman–Crippen MR) is 53.7 cm³/mol. The Balaban J connectivity index is 2.53. The van der Waals surface area contributed by atoms with E-state index in [1.807, 2.05) is 30.3 Å². The first-order valence-electron chi connectivity index (χ1n) is 4.42. The molecule has 0 heterocycles. The van der Waals surface area contributed by atoms with Crippen LogP contribution in [-0.2, 0) is 11.2 Å². The lowest BCUT2D eigenvalue weighted by molar-refractivity contribution is 0.111. The van der Waals surface area contributed by atoms with Crippen LogP contribution in [0.2, 0.25) is 0 Å².